The number of benzene rings is 1. The number of carbonyl (C=O) groups is 1. The van der Waals surface area contributed by atoms with Crippen molar-refractivity contribution < 1.29 is 27.3 Å². The number of aryl methyl sites for hydroxylation is 3. The Balaban J connectivity index is 1.42. The zero-order valence-corrected chi connectivity index (χ0v) is 18.0. The Hall–Kier alpha value is -4.27. The maximum atomic E-state index is 13.1. The lowest BCUT2D eigenvalue weighted by molar-refractivity contribution is 0.0470. The molecular formula is C24H18FN3O5. The van der Waals surface area contributed by atoms with Gasteiger partial charge in [-0.2, -0.15) is 0 Å². The predicted octanol–water partition coefficient (Wildman–Crippen LogP) is 5.56. The molecule has 0 spiro atoms. The van der Waals surface area contributed by atoms with Crippen LogP contribution in [0.1, 0.15) is 33.3 Å². The van der Waals surface area contributed by atoms with Gasteiger partial charge in [-0.1, -0.05) is 5.16 Å². The molecule has 0 saturated heterocycles. The van der Waals surface area contributed by atoms with Gasteiger partial charge in [0.15, 0.2) is 0 Å². The molecule has 0 amide bonds. The zero-order valence-electron chi connectivity index (χ0n) is 18.0. The van der Waals surface area contributed by atoms with Crippen LogP contribution in [-0.4, -0.2) is 21.1 Å². The van der Waals surface area contributed by atoms with E-state index in [2.05, 4.69) is 15.1 Å². The summed E-state index contributed by atoms with van der Waals surface area (Å²) in [6, 6.07) is 9.22. The van der Waals surface area contributed by atoms with E-state index in [4.69, 9.17) is 18.1 Å². The monoisotopic (exact) mass is 447 g/mol. The highest BCUT2D eigenvalue weighted by atomic mass is 19.1. The number of esters is 1. The molecule has 0 aliphatic carbocycles. The van der Waals surface area contributed by atoms with Crippen molar-refractivity contribution in [2.75, 3.05) is 0 Å². The van der Waals surface area contributed by atoms with Crippen molar-refractivity contribution in [3.63, 3.8) is 0 Å². The van der Waals surface area contributed by atoms with Gasteiger partial charge in [0.25, 0.3) is 5.71 Å². The molecule has 0 radical (unpaired) electrons. The van der Waals surface area contributed by atoms with Gasteiger partial charge in [0.05, 0.1) is 22.3 Å². The third-order valence-corrected chi connectivity index (χ3v) is 5.15. The number of carbonyl (C=O) groups excluding carboxylic acids is 1. The molecule has 5 aromatic rings. The number of ether oxygens (including phenoxy) is 1. The predicted molar refractivity (Wildman–Crippen MR) is 115 cm³/mol. The average molecular weight is 447 g/mol. The molecule has 0 bridgehead atoms. The molecule has 5 rings (SSSR count). The topological polar surface area (TPSA) is 104 Å². The minimum atomic E-state index is -0.584. The summed E-state index contributed by atoms with van der Waals surface area (Å²) in [5.74, 6) is 0.762. The molecular weight excluding hydrogens is 429 g/mol. The Morgan fingerprint density at radius 1 is 1.09 bits per heavy atom. The second-order valence-corrected chi connectivity index (χ2v) is 7.56. The lowest BCUT2D eigenvalue weighted by Crippen LogP contribution is -2.07. The van der Waals surface area contributed by atoms with Gasteiger partial charge in [0.2, 0.25) is 5.89 Å². The number of fused-ring (bicyclic) bond motifs is 1. The van der Waals surface area contributed by atoms with Gasteiger partial charge in [-0.3, -0.25) is 0 Å². The van der Waals surface area contributed by atoms with Crippen molar-refractivity contribution in [3.05, 3.63) is 77.0 Å². The molecule has 4 aromatic heterocycles. The normalized spacial score (nSPS) is 11.3. The van der Waals surface area contributed by atoms with E-state index in [0.29, 0.717) is 39.7 Å². The van der Waals surface area contributed by atoms with Crippen LogP contribution in [0.5, 0.6) is 0 Å². The highest BCUT2D eigenvalue weighted by molar-refractivity contribution is 6.04. The van der Waals surface area contributed by atoms with Crippen molar-refractivity contribution in [2.24, 2.45) is 0 Å². The summed E-state index contributed by atoms with van der Waals surface area (Å²) < 4.78 is 35.0. The molecule has 9 heteroatoms. The molecule has 0 fully saturated rings. The molecule has 0 atom stereocenters. The summed E-state index contributed by atoms with van der Waals surface area (Å²) in [6.07, 6.45) is 1.39. The fourth-order valence-electron chi connectivity index (χ4n) is 3.59. The number of rotatable bonds is 5. The van der Waals surface area contributed by atoms with Gasteiger partial charge >= 0.3 is 5.97 Å². The van der Waals surface area contributed by atoms with Crippen molar-refractivity contribution in [3.8, 4) is 22.7 Å². The highest BCUT2D eigenvalue weighted by Gasteiger charge is 2.22. The Bertz CT molecular complexity index is 1480. The second kappa shape index (κ2) is 8.01. The first kappa shape index (κ1) is 20.6. The summed E-state index contributed by atoms with van der Waals surface area (Å²) in [5.41, 5.74) is 3.32. The van der Waals surface area contributed by atoms with E-state index in [1.165, 1.54) is 18.4 Å². The van der Waals surface area contributed by atoms with Gasteiger partial charge in [-0.25, -0.2) is 19.2 Å². The number of oxazole rings is 1. The number of hydrogen-bond donors (Lipinski definition) is 0. The Morgan fingerprint density at radius 2 is 1.88 bits per heavy atom. The summed E-state index contributed by atoms with van der Waals surface area (Å²) >= 11 is 0. The fraction of sp³-hybridized carbons (Fsp3) is 0.167. The van der Waals surface area contributed by atoms with Crippen LogP contribution in [0, 0.1) is 26.6 Å². The quantitative estimate of drug-likeness (QED) is 0.323. The van der Waals surface area contributed by atoms with Gasteiger partial charge in [0.1, 0.15) is 35.9 Å². The maximum absolute atomic E-state index is 13.1. The van der Waals surface area contributed by atoms with Gasteiger partial charge in [0, 0.05) is 11.1 Å². The van der Waals surface area contributed by atoms with Crippen molar-refractivity contribution in [2.45, 2.75) is 27.4 Å². The van der Waals surface area contributed by atoms with Gasteiger partial charge < -0.3 is 18.1 Å². The summed E-state index contributed by atoms with van der Waals surface area (Å²) in [5, 5.41) is 4.42. The van der Waals surface area contributed by atoms with Crippen LogP contribution in [-0.2, 0) is 11.3 Å². The van der Waals surface area contributed by atoms with E-state index in [9.17, 15) is 9.18 Å². The van der Waals surface area contributed by atoms with E-state index >= 15 is 0 Å². The molecule has 0 aliphatic heterocycles. The first-order valence-corrected chi connectivity index (χ1v) is 10.1. The maximum Gasteiger partial charge on any atom is 0.339 e. The van der Waals surface area contributed by atoms with Crippen molar-refractivity contribution in [1.82, 2.24) is 15.1 Å². The smallest absolute Gasteiger partial charge is 0.339 e. The number of halogens is 1. The van der Waals surface area contributed by atoms with Crippen LogP contribution < -0.4 is 0 Å². The highest BCUT2D eigenvalue weighted by Crippen LogP contribution is 2.31. The minimum Gasteiger partial charge on any atom is -0.466 e. The van der Waals surface area contributed by atoms with Crippen LogP contribution in [0.15, 0.2) is 56.0 Å². The lowest BCUT2D eigenvalue weighted by Gasteiger charge is -2.06. The number of furan rings is 1. The van der Waals surface area contributed by atoms with Crippen LogP contribution >= 0.6 is 0 Å². The van der Waals surface area contributed by atoms with E-state index < -0.39 is 5.97 Å². The fourth-order valence-corrected chi connectivity index (χ4v) is 3.59. The summed E-state index contributed by atoms with van der Waals surface area (Å²) in [4.78, 5) is 21.8. The Morgan fingerprint density at radius 3 is 2.61 bits per heavy atom. The molecule has 1 aromatic carbocycles. The summed E-state index contributed by atoms with van der Waals surface area (Å²) in [7, 11) is 0. The van der Waals surface area contributed by atoms with Crippen molar-refractivity contribution >= 4 is 17.1 Å². The third-order valence-electron chi connectivity index (χ3n) is 5.15. The number of hydrogen-bond acceptors (Lipinski definition) is 8. The van der Waals surface area contributed by atoms with Gasteiger partial charge in [-0.15, -0.1) is 0 Å². The molecule has 4 heterocycles. The van der Waals surface area contributed by atoms with Crippen LogP contribution in [0.4, 0.5) is 4.39 Å². The standard InChI is InChI=1S/C24H18FN3O5/c1-12-8-18(14(3)32-12)20-9-19(21-13(2)28-33-23(21)27-20)24(29)31-11-17-10-30-22(26-17)15-4-6-16(25)7-5-15/h4-10H,11H2,1-3H3. The van der Waals surface area contributed by atoms with Gasteiger partial charge in [-0.05, 0) is 57.2 Å². The first-order chi connectivity index (χ1) is 15.9. The lowest BCUT2D eigenvalue weighted by atomic mass is 10.1. The zero-order chi connectivity index (χ0) is 23.1. The number of nitrogens with zero attached hydrogens (tertiary/aromatic N) is 3. The second-order valence-electron chi connectivity index (χ2n) is 7.56. The SMILES string of the molecule is Cc1cc(-c2cc(C(=O)OCc3coc(-c4ccc(F)cc4)n3)c3c(C)noc3n2)c(C)o1. The average Bonchev–Trinajstić information content (AvgIpc) is 3.51. The molecule has 166 valence electrons. The van der Waals surface area contributed by atoms with Crippen LogP contribution in [0.3, 0.4) is 0 Å². The molecule has 8 nitrogen and oxygen atoms in total. The Labute approximate surface area is 187 Å². The van der Waals surface area contributed by atoms with Crippen LogP contribution in [0.2, 0.25) is 0 Å². The summed E-state index contributed by atoms with van der Waals surface area (Å²) in [6.45, 7) is 5.27. The van der Waals surface area contributed by atoms with E-state index in [1.54, 1.807) is 25.1 Å². The largest absolute Gasteiger partial charge is 0.466 e. The first-order valence-electron chi connectivity index (χ1n) is 10.1. The van der Waals surface area contributed by atoms with E-state index in [-0.39, 0.29) is 23.7 Å². The molecule has 33 heavy (non-hydrogen) atoms. The van der Waals surface area contributed by atoms with E-state index in [0.717, 1.165) is 11.3 Å². The third kappa shape index (κ3) is 3.89. The Kier molecular flexibility index (Phi) is 5.01. The number of pyridine rings is 1. The van der Waals surface area contributed by atoms with Crippen LogP contribution in [0.25, 0.3) is 33.8 Å². The molecule has 0 saturated carbocycles. The number of aromatic nitrogens is 3. The molecule has 0 aliphatic rings. The van der Waals surface area contributed by atoms with Crippen molar-refractivity contribution in [1.29, 1.82) is 0 Å². The molecule has 0 unspecified atom stereocenters. The van der Waals surface area contributed by atoms with E-state index in [1.807, 2.05) is 19.9 Å². The molecule has 0 N–H and O–H groups in total. The minimum absolute atomic E-state index is 0.114.